The van der Waals surface area contributed by atoms with E-state index in [0.29, 0.717) is 18.5 Å². The Morgan fingerprint density at radius 1 is 0.889 bits per heavy atom. The molecule has 2 atom stereocenters. The third-order valence-corrected chi connectivity index (χ3v) is 5.03. The fourth-order valence-corrected chi connectivity index (χ4v) is 3.69. The normalized spacial score (nSPS) is 21.3. The quantitative estimate of drug-likeness (QED) is 0.363. The number of fused-ring (bicyclic) bond motifs is 1. The average molecular weight is 361 g/mol. The molecular weight excluding hydrogens is 342 g/mol. The van der Waals surface area contributed by atoms with Gasteiger partial charge in [0.2, 0.25) is 11.8 Å². The van der Waals surface area contributed by atoms with E-state index in [2.05, 4.69) is 0 Å². The number of allylic oxidation sites excluding steroid dienone is 2. The van der Waals surface area contributed by atoms with Crippen molar-refractivity contribution in [1.29, 1.82) is 0 Å². The Morgan fingerprint density at radius 2 is 1.48 bits per heavy atom. The Labute approximate surface area is 157 Å². The highest BCUT2D eigenvalue weighted by molar-refractivity contribution is 6.23. The lowest BCUT2D eigenvalue weighted by atomic mass is 9.85. The van der Waals surface area contributed by atoms with Crippen LogP contribution in [0.5, 0.6) is 5.75 Å². The van der Waals surface area contributed by atoms with Crippen LogP contribution in [0.2, 0.25) is 0 Å². The smallest absolute Gasteiger partial charge is 0.315 e. The van der Waals surface area contributed by atoms with E-state index in [0.717, 1.165) is 5.56 Å². The summed E-state index contributed by atoms with van der Waals surface area (Å²) in [6.07, 6.45) is 5.15. The minimum atomic E-state index is -0.438. The molecular formula is C22H19NO4. The molecule has 5 heteroatoms. The molecule has 5 nitrogen and oxygen atoms in total. The summed E-state index contributed by atoms with van der Waals surface area (Å²) in [6, 6.07) is 16.0. The van der Waals surface area contributed by atoms with E-state index in [4.69, 9.17) is 4.74 Å². The first-order chi connectivity index (χ1) is 13.1. The lowest BCUT2D eigenvalue weighted by Gasteiger charge is -2.18. The third kappa shape index (κ3) is 3.28. The Kier molecular flexibility index (Phi) is 4.59. The first-order valence-corrected chi connectivity index (χ1v) is 9.01. The van der Waals surface area contributed by atoms with Gasteiger partial charge < -0.3 is 4.74 Å². The predicted molar refractivity (Wildman–Crippen MR) is 100 cm³/mol. The summed E-state index contributed by atoms with van der Waals surface area (Å²) in [5.41, 5.74) is 1.17. The van der Waals surface area contributed by atoms with Gasteiger partial charge in [0, 0.05) is 0 Å². The lowest BCUT2D eigenvalue weighted by Crippen LogP contribution is -2.31. The molecule has 2 aromatic carbocycles. The highest BCUT2D eigenvalue weighted by atomic mass is 16.5. The van der Waals surface area contributed by atoms with E-state index in [1.807, 2.05) is 42.5 Å². The number of esters is 1. The molecule has 1 fully saturated rings. The monoisotopic (exact) mass is 361 g/mol. The molecule has 0 N–H and O–H groups in total. The number of hydrogen-bond donors (Lipinski definition) is 0. The van der Waals surface area contributed by atoms with Gasteiger partial charge >= 0.3 is 5.97 Å². The van der Waals surface area contributed by atoms with Crippen molar-refractivity contribution in [3.05, 3.63) is 72.3 Å². The number of benzene rings is 2. The zero-order chi connectivity index (χ0) is 18.8. The van der Waals surface area contributed by atoms with Crippen molar-refractivity contribution in [2.75, 3.05) is 4.90 Å². The van der Waals surface area contributed by atoms with Gasteiger partial charge in [0.15, 0.2) is 5.75 Å². The van der Waals surface area contributed by atoms with Crippen molar-refractivity contribution in [3.8, 4) is 5.75 Å². The number of para-hydroxylation sites is 2. The second-order valence-corrected chi connectivity index (χ2v) is 6.77. The number of carbonyl (C=O) groups is 3. The van der Waals surface area contributed by atoms with Crippen molar-refractivity contribution >= 4 is 23.5 Å². The molecule has 136 valence electrons. The molecule has 4 rings (SSSR count). The van der Waals surface area contributed by atoms with Crippen LogP contribution < -0.4 is 9.64 Å². The zero-order valence-corrected chi connectivity index (χ0v) is 14.7. The molecule has 0 aromatic heterocycles. The number of imide groups is 1. The van der Waals surface area contributed by atoms with E-state index >= 15 is 0 Å². The fraction of sp³-hybridized carbons (Fsp3) is 0.227. The Bertz CT molecular complexity index is 893. The molecule has 0 spiro atoms. The van der Waals surface area contributed by atoms with Gasteiger partial charge in [0.05, 0.1) is 23.9 Å². The molecule has 2 amide bonds. The van der Waals surface area contributed by atoms with E-state index in [1.54, 1.807) is 24.3 Å². The predicted octanol–water partition coefficient (Wildman–Crippen LogP) is 3.29. The highest BCUT2D eigenvalue weighted by Gasteiger charge is 2.48. The van der Waals surface area contributed by atoms with Crippen molar-refractivity contribution in [2.45, 2.75) is 19.3 Å². The number of carbonyl (C=O) groups excluding carboxylic acids is 3. The molecule has 0 radical (unpaired) electrons. The summed E-state index contributed by atoms with van der Waals surface area (Å²) >= 11 is 0. The molecule has 1 aliphatic heterocycles. The van der Waals surface area contributed by atoms with Crippen molar-refractivity contribution < 1.29 is 19.1 Å². The summed E-state index contributed by atoms with van der Waals surface area (Å²) in [5.74, 6) is -1.30. The van der Waals surface area contributed by atoms with Crippen LogP contribution in [-0.4, -0.2) is 17.8 Å². The molecule has 1 heterocycles. The van der Waals surface area contributed by atoms with Crippen LogP contribution in [0.1, 0.15) is 18.4 Å². The molecule has 0 saturated carbocycles. The van der Waals surface area contributed by atoms with Gasteiger partial charge in [-0.15, -0.1) is 0 Å². The van der Waals surface area contributed by atoms with Gasteiger partial charge in [-0.2, -0.15) is 0 Å². The van der Waals surface area contributed by atoms with Gasteiger partial charge in [-0.05, 0) is 30.5 Å². The number of amides is 2. The SMILES string of the molecule is O=C(Cc1ccccc1)Oc1ccccc1N1C(=O)C2CC=CCC2C1=O. The number of hydrogen-bond acceptors (Lipinski definition) is 4. The number of nitrogens with zero attached hydrogens (tertiary/aromatic N) is 1. The van der Waals surface area contributed by atoms with E-state index < -0.39 is 5.97 Å². The van der Waals surface area contributed by atoms with Crippen LogP contribution in [0.3, 0.4) is 0 Å². The standard InChI is InChI=1S/C22H19NO4/c24-20(14-15-8-2-1-3-9-15)27-19-13-7-6-12-18(19)23-21(25)16-10-4-5-11-17(16)22(23)26/h1-9,12-13,16-17H,10-11,14H2. The maximum atomic E-state index is 12.8. The summed E-state index contributed by atoms with van der Waals surface area (Å²) in [5, 5.41) is 0. The van der Waals surface area contributed by atoms with Gasteiger partial charge in [-0.1, -0.05) is 54.6 Å². The van der Waals surface area contributed by atoms with Crippen LogP contribution in [0.25, 0.3) is 0 Å². The van der Waals surface area contributed by atoms with Gasteiger partial charge in [-0.3, -0.25) is 14.4 Å². The first-order valence-electron chi connectivity index (χ1n) is 9.01. The number of anilines is 1. The minimum Gasteiger partial charge on any atom is -0.424 e. The molecule has 1 saturated heterocycles. The minimum absolute atomic E-state index is 0.117. The third-order valence-electron chi connectivity index (χ3n) is 5.03. The van der Waals surface area contributed by atoms with Crippen LogP contribution in [0.4, 0.5) is 5.69 Å². The van der Waals surface area contributed by atoms with Gasteiger partial charge in [0.1, 0.15) is 0 Å². The van der Waals surface area contributed by atoms with E-state index in [1.165, 1.54) is 4.90 Å². The first kappa shape index (κ1) is 17.2. The average Bonchev–Trinajstić information content (AvgIpc) is 2.94. The van der Waals surface area contributed by atoms with Gasteiger partial charge in [0.25, 0.3) is 0 Å². The maximum Gasteiger partial charge on any atom is 0.315 e. The van der Waals surface area contributed by atoms with E-state index in [-0.39, 0.29) is 35.8 Å². The van der Waals surface area contributed by atoms with Crippen LogP contribution in [0.15, 0.2) is 66.7 Å². The van der Waals surface area contributed by atoms with Crippen molar-refractivity contribution in [2.24, 2.45) is 11.8 Å². The topological polar surface area (TPSA) is 63.7 Å². The Balaban J connectivity index is 1.57. The molecule has 0 bridgehead atoms. The number of rotatable bonds is 4. The summed E-state index contributed by atoms with van der Waals surface area (Å²) in [7, 11) is 0. The van der Waals surface area contributed by atoms with Crippen molar-refractivity contribution in [1.82, 2.24) is 0 Å². The van der Waals surface area contributed by atoms with Crippen LogP contribution in [-0.2, 0) is 20.8 Å². The van der Waals surface area contributed by atoms with Crippen LogP contribution in [0, 0.1) is 11.8 Å². The summed E-state index contributed by atoms with van der Waals surface area (Å²) < 4.78 is 5.51. The molecule has 2 aromatic rings. The lowest BCUT2D eigenvalue weighted by molar-refractivity contribution is -0.133. The zero-order valence-electron chi connectivity index (χ0n) is 14.7. The summed E-state index contributed by atoms with van der Waals surface area (Å²) in [4.78, 5) is 39.2. The molecule has 1 aliphatic carbocycles. The summed E-state index contributed by atoms with van der Waals surface area (Å²) in [6.45, 7) is 0. The second-order valence-electron chi connectivity index (χ2n) is 6.77. The Hall–Kier alpha value is -3.21. The highest BCUT2D eigenvalue weighted by Crippen LogP contribution is 2.40. The fourth-order valence-electron chi connectivity index (χ4n) is 3.69. The maximum absolute atomic E-state index is 12.8. The van der Waals surface area contributed by atoms with Crippen molar-refractivity contribution in [3.63, 3.8) is 0 Å². The van der Waals surface area contributed by atoms with Crippen LogP contribution >= 0.6 is 0 Å². The Morgan fingerprint density at radius 3 is 2.15 bits per heavy atom. The molecule has 2 unspecified atom stereocenters. The van der Waals surface area contributed by atoms with E-state index in [9.17, 15) is 14.4 Å². The molecule has 27 heavy (non-hydrogen) atoms. The largest absolute Gasteiger partial charge is 0.424 e. The van der Waals surface area contributed by atoms with Gasteiger partial charge in [-0.25, -0.2) is 4.90 Å². The molecule has 2 aliphatic rings. The second kappa shape index (κ2) is 7.19. The number of ether oxygens (including phenoxy) is 1.